The minimum Gasteiger partial charge on any atom is -0.782 e. The number of hydrogen-bond donors (Lipinski definition) is 4. The molecule has 0 aliphatic heterocycles. The molecule has 0 radical (unpaired) electrons. The average Bonchev–Trinajstić information content (AvgIpc) is 1.92. The maximum Gasteiger partial charge on any atom is 4.00 e. The molecule has 0 aromatic rings. The maximum absolute atomic E-state index is 4.26. The molecule has 0 saturated carbocycles. The van der Waals surface area contributed by atoms with E-state index >= 15 is 0 Å². The zero-order valence-electron chi connectivity index (χ0n) is 6.75. The molecule has 0 spiro atoms. The maximum atomic E-state index is 4.26. The van der Waals surface area contributed by atoms with Crippen LogP contribution in [0.25, 0.3) is 0 Å². The second-order valence-electron chi connectivity index (χ2n) is 0.516. The van der Waals surface area contributed by atoms with Gasteiger partial charge in [0.25, 0.3) is 0 Å². The summed E-state index contributed by atoms with van der Waals surface area (Å²) in [5.41, 5.74) is 0. The van der Waals surface area contributed by atoms with E-state index in [0.29, 0.717) is 20.3 Å². The van der Waals surface area contributed by atoms with Gasteiger partial charge in [0.2, 0.25) is 0 Å². The smallest absolute Gasteiger partial charge is 0.782 e. The molecule has 9 heteroatoms. The van der Waals surface area contributed by atoms with Crippen molar-refractivity contribution in [1.82, 2.24) is 0 Å². The van der Waals surface area contributed by atoms with E-state index in [1.165, 1.54) is 0 Å². The standard InChI is InChI=1S/4CH4S2.Zr/c4*2-1-3;/h4*2-3H,1H2;/q;;;;+4/p-4. The van der Waals surface area contributed by atoms with Crippen LogP contribution >= 0.6 is 50.5 Å². The van der Waals surface area contributed by atoms with Gasteiger partial charge < -0.3 is 50.5 Å². The number of thiol groups is 4. The van der Waals surface area contributed by atoms with Gasteiger partial charge in [0, 0.05) is 0 Å². The van der Waals surface area contributed by atoms with Crippen LogP contribution < -0.4 is 0 Å². The Labute approximate surface area is 145 Å². The molecule has 0 aromatic heterocycles. The summed E-state index contributed by atoms with van der Waals surface area (Å²) in [6.07, 6.45) is 0. The first kappa shape index (κ1) is 30.1. The Morgan fingerprint density at radius 3 is 0.538 bits per heavy atom. The zero-order valence-corrected chi connectivity index (χ0v) is 16.1. The van der Waals surface area contributed by atoms with E-state index in [1.54, 1.807) is 0 Å². The van der Waals surface area contributed by atoms with Crippen LogP contribution in [0.4, 0.5) is 0 Å². The SMILES string of the molecule is [S-]CS.[S-]CS.[S-]CS.[S-]CS.[Zr+4]. The van der Waals surface area contributed by atoms with Gasteiger partial charge in [0.15, 0.2) is 0 Å². The summed E-state index contributed by atoms with van der Waals surface area (Å²) >= 11 is 31.4. The molecule has 0 unspecified atom stereocenters. The molecule has 0 nitrogen and oxygen atoms in total. The average molecular weight is 408 g/mol. The van der Waals surface area contributed by atoms with Gasteiger partial charge >= 0.3 is 26.2 Å². The summed E-state index contributed by atoms with van der Waals surface area (Å²) in [4.78, 5) is 0. The van der Waals surface area contributed by atoms with Crippen LogP contribution in [0.15, 0.2) is 0 Å². The van der Waals surface area contributed by atoms with Crippen LogP contribution in [-0.2, 0) is 76.7 Å². The van der Waals surface area contributed by atoms with Gasteiger partial charge in [0.1, 0.15) is 0 Å². The molecular formula is C4H12S8Zr. The summed E-state index contributed by atoms with van der Waals surface area (Å²) in [7, 11) is 0. The Balaban J connectivity index is -0.0000000213. The Morgan fingerprint density at radius 1 is 0.538 bits per heavy atom. The van der Waals surface area contributed by atoms with E-state index in [9.17, 15) is 0 Å². The third-order valence-electron chi connectivity index (χ3n) is 0. The van der Waals surface area contributed by atoms with Crippen molar-refractivity contribution in [2.75, 3.05) is 20.3 Å². The first-order valence-corrected chi connectivity index (χ1v) is 7.26. The van der Waals surface area contributed by atoms with Crippen LogP contribution in [0.1, 0.15) is 0 Å². The first-order chi connectivity index (χ1) is 5.66. The molecule has 0 aromatic carbocycles. The molecule has 0 fully saturated rings. The van der Waals surface area contributed by atoms with Crippen molar-refractivity contribution < 1.29 is 26.2 Å². The molecule has 0 rings (SSSR count). The zero-order chi connectivity index (χ0) is 10.8. The molecule has 0 bridgehead atoms. The van der Waals surface area contributed by atoms with Gasteiger partial charge in [-0.3, -0.25) is 0 Å². The monoisotopic (exact) mass is 406 g/mol. The third-order valence-corrected chi connectivity index (χ3v) is 0. The van der Waals surface area contributed by atoms with Gasteiger partial charge in [-0.25, -0.2) is 50.5 Å². The van der Waals surface area contributed by atoms with Crippen LogP contribution in [-0.4, -0.2) is 20.3 Å². The van der Waals surface area contributed by atoms with E-state index in [4.69, 9.17) is 0 Å². The molecule has 13 heavy (non-hydrogen) atoms. The Bertz CT molecular complexity index is 24.1. The quantitative estimate of drug-likeness (QED) is 0.356. The fraction of sp³-hybridized carbons (Fsp3) is 1.00. The summed E-state index contributed by atoms with van der Waals surface area (Å²) in [5, 5.41) is 2.11. The van der Waals surface area contributed by atoms with Gasteiger partial charge in [-0.1, -0.05) is 0 Å². The van der Waals surface area contributed by atoms with E-state index in [0.717, 1.165) is 0 Å². The van der Waals surface area contributed by atoms with Crippen LogP contribution in [0.2, 0.25) is 0 Å². The van der Waals surface area contributed by atoms with Gasteiger partial charge in [-0.15, -0.1) is 20.3 Å². The summed E-state index contributed by atoms with van der Waals surface area (Å²) in [6, 6.07) is 0. The molecule has 0 aliphatic rings. The fourth-order valence-corrected chi connectivity index (χ4v) is 0. The van der Waals surface area contributed by atoms with Crippen molar-refractivity contribution in [2.45, 2.75) is 0 Å². The second-order valence-corrected chi connectivity index (χ2v) is 4.65. The molecule has 0 N–H and O–H groups in total. The Kier molecular flexibility index (Phi) is 132. The van der Waals surface area contributed by atoms with Gasteiger partial charge in [-0.2, -0.15) is 0 Å². The summed E-state index contributed by atoms with van der Waals surface area (Å²) < 4.78 is 0. The van der Waals surface area contributed by atoms with Crippen molar-refractivity contribution in [2.24, 2.45) is 0 Å². The van der Waals surface area contributed by atoms with Crippen LogP contribution in [0, 0.1) is 0 Å². The van der Waals surface area contributed by atoms with E-state index < -0.39 is 0 Å². The minimum atomic E-state index is 0. The van der Waals surface area contributed by atoms with Crippen molar-refractivity contribution in [3.8, 4) is 0 Å². The molecule has 0 amide bonds. The molecular weight excluding hydrogens is 396 g/mol. The van der Waals surface area contributed by atoms with Crippen LogP contribution in [0.5, 0.6) is 0 Å². The third kappa shape index (κ3) is 216. The molecule has 0 heterocycles. The van der Waals surface area contributed by atoms with E-state index in [1.807, 2.05) is 0 Å². The van der Waals surface area contributed by atoms with Crippen molar-refractivity contribution in [3.05, 3.63) is 0 Å². The first-order valence-electron chi connectivity index (χ1n) is 2.42. The van der Waals surface area contributed by atoms with Crippen molar-refractivity contribution >= 4 is 101 Å². The summed E-state index contributed by atoms with van der Waals surface area (Å²) in [6.45, 7) is 0. The number of hydrogen-bond acceptors (Lipinski definition) is 8. The van der Waals surface area contributed by atoms with Crippen molar-refractivity contribution in [1.29, 1.82) is 0 Å². The van der Waals surface area contributed by atoms with Crippen LogP contribution in [0.3, 0.4) is 0 Å². The topological polar surface area (TPSA) is 0 Å². The van der Waals surface area contributed by atoms with E-state index in [2.05, 4.69) is 101 Å². The molecule has 0 atom stereocenters. The second kappa shape index (κ2) is 57.3. The Morgan fingerprint density at radius 2 is 0.538 bits per heavy atom. The predicted molar refractivity (Wildman–Crippen MR) is 84.9 cm³/mol. The minimum absolute atomic E-state index is 0. The molecule has 80 valence electrons. The Hall–Kier alpha value is 3.68. The van der Waals surface area contributed by atoms with Gasteiger partial charge in [-0.05, 0) is 0 Å². The molecule has 0 saturated heterocycles. The van der Waals surface area contributed by atoms with Gasteiger partial charge in [0.05, 0.1) is 0 Å². The number of rotatable bonds is 0. The fourth-order valence-electron chi connectivity index (χ4n) is 0. The van der Waals surface area contributed by atoms with Crippen molar-refractivity contribution in [3.63, 3.8) is 0 Å². The largest absolute Gasteiger partial charge is 4.00 e. The molecule has 0 aliphatic carbocycles. The predicted octanol–water partition coefficient (Wildman–Crippen LogP) is 1.68. The summed E-state index contributed by atoms with van der Waals surface area (Å²) in [5.74, 6) is 0. The normalized spacial score (nSPS) is 5.54. The van der Waals surface area contributed by atoms with E-state index in [-0.39, 0.29) is 26.2 Å².